The van der Waals surface area contributed by atoms with Crippen LogP contribution < -0.4 is 4.90 Å². The number of carbonyl (C=O) groups excluding carboxylic acids is 1. The molecule has 0 amide bonds. The molecule has 1 aromatic carbocycles. The Kier molecular flexibility index (Phi) is 2.64. The van der Waals surface area contributed by atoms with Gasteiger partial charge in [-0.05, 0) is 61.8 Å². The van der Waals surface area contributed by atoms with Crippen LogP contribution in [0.15, 0.2) is 18.2 Å². The largest absolute Gasteiger partial charge is 0.365 e. The summed E-state index contributed by atoms with van der Waals surface area (Å²) in [5, 5.41) is 0. The number of Topliss-reactive ketones (excluding diaryl/α,β-unsaturated/α-hetero) is 1. The smallest absolute Gasteiger partial charge is 0.137 e. The summed E-state index contributed by atoms with van der Waals surface area (Å²) in [7, 11) is 0. The molecule has 0 spiro atoms. The highest BCUT2D eigenvalue weighted by atomic mass is 16.1. The minimum atomic E-state index is 0.472. The molecular weight excluding hydrogens is 234 g/mol. The third kappa shape index (κ3) is 1.89. The molecule has 2 heteroatoms. The number of fused-ring (bicyclic) bond motifs is 3. The van der Waals surface area contributed by atoms with E-state index in [1.54, 1.807) is 11.1 Å². The molecule has 3 aliphatic rings. The maximum absolute atomic E-state index is 11.8. The average Bonchev–Trinajstić information content (AvgIpc) is 2.84. The van der Waals surface area contributed by atoms with E-state index < -0.39 is 0 Å². The first-order chi connectivity index (χ1) is 9.31. The molecule has 2 nitrogen and oxygen atoms in total. The van der Waals surface area contributed by atoms with E-state index in [0.717, 1.165) is 12.8 Å². The van der Waals surface area contributed by atoms with Gasteiger partial charge in [-0.25, -0.2) is 0 Å². The summed E-state index contributed by atoms with van der Waals surface area (Å²) < 4.78 is 0. The van der Waals surface area contributed by atoms with Crippen molar-refractivity contribution in [2.24, 2.45) is 0 Å². The first-order valence-corrected chi connectivity index (χ1v) is 7.73. The second-order valence-electron chi connectivity index (χ2n) is 6.40. The minimum Gasteiger partial charge on any atom is -0.365 e. The molecule has 2 aliphatic heterocycles. The second kappa shape index (κ2) is 4.36. The maximum atomic E-state index is 11.8. The van der Waals surface area contributed by atoms with Gasteiger partial charge >= 0.3 is 0 Å². The normalized spacial score (nSPS) is 29.5. The van der Waals surface area contributed by atoms with E-state index in [2.05, 4.69) is 23.1 Å². The Bertz CT molecular complexity index is 506. The van der Waals surface area contributed by atoms with Gasteiger partial charge in [0.25, 0.3) is 0 Å². The predicted molar refractivity (Wildman–Crippen MR) is 76.6 cm³/mol. The fourth-order valence-electron chi connectivity index (χ4n) is 4.32. The zero-order valence-corrected chi connectivity index (χ0v) is 11.4. The van der Waals surface area contributed by atoms with Gasteiger partial charge in [0.05, 0.1) is 0 Å². The van der Waals surface area contributed by atoms with Crippen molar-refractivity contribution in [3.05, 3.63) is 29.3 Å². The number of hydrogen-bond donors (Lipinski definition) is 0. The van der Waals surface area contributed by atoms with Crippen LogP contribution in [-0.2, 0) is 17.6 Å². The molecule has 2 fully saturated rings. The molecule has 1 aliphatic carbocycles. The molecule has 2 saturated heterocycles. The van der Waals surface area contributed by atoms with Crippen LogP contribution in [0.25, 0.3) is 0 Å². The summed E-state index contributed by atoms with van der Waals surface area (Å²) in [6.07, 6.45) is 9.03. The van der Waals surface area contributed by atoms with Gasteiger partial charge in [-0.1, -0.05) is 6.07 Å². The lowest BCUT2D eigenvalue weighted by Crippen LogP contribution is -2.52. The van der Waals surface area contributed by atoms with Crippen LogP contribution in [0.1, 0.15) is 49.7 Å². The number of piperidine rings is 2. The molecule has 2 atom stereocenters. The van der Waals surface area contributed by atoms with Crippen molar-refractivity contribution in [2.45, 2.75) is 63.5 Å². The Morgan fingerprint density at radius 2 is 1.68 bits per heavy atom. The summed E-state index contributed by atoms with van der Waals surface area (Å²) in [6, 6.07) is 7.97. The number of benzene rings is 1. The summed E-state index contributed by atoms with van der Waals surface area (Å²) in [5.74, 6) is 0.479. The van der Waals surface area contributed by atoms with Crippen LogP contribution in [0.2, 0.25) is 0 Å². The van der Waals surface area contributed by atoms with Crippen molar-refractivity contribution in [2.75, 3.05) is 4.90 Å². The molecule has 2 bridgehead atoms. The molecule has 2 unspecified atom stereocenters. The highest BCUT2D eigenvalue weighted by Crippen LogP contribution is 2.38. The van der Waals surface area contributed by atoms with E-state index in [-0.39, 0.29) is 0 Å². The van der Waals surface area contributed by atoms with Crippen molar-refractivity contribution < 1.29 is 4.79 Å². The summed E-state index contributed by atoms with van der Waals surface area (Å²) in [4.78, 5) is 14.4. The van der Waals surface area contributed by atoms with Gasteiger partial charge < -0.3 is 4.90 Å². The number of nitrogens with zero attached hydrogens (tertiary/aromatic N) is 1. The molecule has 1 aromatic rings. The van der Waals surface area contributed by atoms with E-state index in [9.17, 15) is 4.79 Å². The van der Waals surface area contributed by atoms with Crippen LogP contribution in [-0.4, -0.2) is 17.9 Å². The van der Waals surface area contributed by atoms with E-state index >= 15 is 0 Å². The third-order valence-electron chi connectivity index (χ3n) is 5.17. The van der Waals surface area contributed by atoms with Crippen LogP contribution in [0.4, 0.5) is 5.69 Å². The molecule has 0 radical (unpaired) electrons. The molecule has 0 saturated carbocycles. The van der Waals surface area contributed by atoms with E-state index in [1.807, 2.05) is 0 Å². The van der Waals surface area contributed by atoms with Crippen LogP contribution in [0.3, 0.4) is 0 Å². The lowest BCUT2D eigenvalue weighted by molar-refractivity contribution is -0.121. The Morgan fingerprint density at radius 1 is 0.947 bits per heavy atom. The average molecular weight is 255 g/mol. The van der Waals surface area contributed by atoms with Gasteiger partial charge in [0.1, 0.15) is 5.78 Å². The number of anilines is 1. The van der Waals surface area contributed by atoms with Gasteiger partial charge in [0.15, 0.2) is 0 Å². The van der Waals surface area contributed by atoms with E-state index in [4.69, 9.17) is 0 Å². The van der Waals surface area contributed by atoms with Gasteiger partial charge in [0, 0.05) is 30.6 Å². The molecule has 19 heavy (non-hydrogen) atoms. The van der Waals surface area contributed by atoms with Crippen molar-refractivity contribution in [3.63, 3.8) is 0 Å². The van der Waals surface area contributed by atoms with Gasteiger partial charge in [-0.2, -0.15) is 0 Å². The predicted octanol–water partition coefficient (Wildman–Crippen LogP) is 3.27. The summed E-state index contributed by atoms with van der Waals surface area (Å²) in [5.41, 5.74) is 4.47. The van der Waals surface area contributed by atoms with Crippen molar-refractivity contribution in [3.8, 4) is 0 Å². The topological polar surface area (TPSA) is 20.3 Å². The molecule has 4 rings (SSSR count). The first-order valence-electron chi connectivity index (χ1n) is 7.73. The van der Waals surface area contributed by atoms with Crippen LogP contribution in [0, 0.1) is 0 Å². The minimum absolute atomic E-state index is 0.472. The Morgan fingerprint density at radius 3 is 2.47 bits per heavy atom. The van der Waals surface area contributed by atoms with Crippen LogP contribution in [0.5, 0.6) is 0 Å². The Balaban J connectivity index is 1.69. The lowest BCUT2D eigenvalue weighted by atomic mass is 9.83. The molecular formula is C17H21NO. The Labute approximate surface area is 114 Å². The molecule has 0 N–H and O–H groups in total. The zero-order valence-electron chi connectivity index (χ0n) is 11.4. The van der Waals surface area contributed by atoms with Crippen molar-refractivity contribution >= 4 is 11.5 Å². The summed E-state index contributed by atoms with van der Waals surface area (Å²) in [6.45, 7) is 0. The maximum Gasteiger partial charge on any atom is 0.137 e. The number of ketones is 1. The highest BCUT2D eigenvalue weighted by molar-refractivity contribution is 5.82. The fraction of sp³-hybridized carbons (Fsp3) is 0.588. The SMILES string of the molecule is O=C1CC2CCCC(C1)N2c1ccc2c(c1)CCC2. The quantitative estimate of drug-likeness (QED) is 0.767. The van der Waals surface area contributed by atoms with Gasteiger partial charge in [-0.3, -0.25) is 4.79 Å². The number of carbonyl (C=O) groups is 1. The van der Waals surface area contributed by atoms with Gasteiger partial charge in [0.2, 0.25) is 0 Å². The molecule has 0 aromatic heterocycles. The van der Waals surface area contributed by atoms with Gasteiger partial charge in [-0.15, -0.1) is 0 Å². The Hall–Kier alpha value is -1.31. The molecule has 2 heterocycles. The zero-order chi connectivity index (χ0) is 12.8. The third-order valence-corrected chi connectivity index (χ3v) is 5.17. The number of aryl methyl sites for hydroxylation is 2. The highest BCUT2D eigenvalue weighted by Gasteiger charge is 2.37. The van der Waals surface area contributed by atoms with Crippen molar-refractivity contribution in [1.29, 1.82) is 0 Å². The standard InChI is InChI=1S/C17H21NO/c19-17-10-14-5-2-6-15(11-17)18(14)16-8-7-12-3-1-4-13(12)9-16/h7-9,14-15H,1-6,10-11H2. The lowest BCUT2D eigenvalue weighted by Gasteiger charge is -2.47. The fourth-order valence-corrected chi connectivity index (χ4v) is 4.32. The molecule has 100 valence electrons. The monoisotopic (exact) mass is 255 g/mol. The summed E-state index contributed by atoms with van der Waals surface area (Å²) >= 11 is 0. The van der Waals surface area contributed by atoms with Crippen molar-refractivity contribution in [1.82, 2.24) is 0 Å². The van der Waals surface area contributed by atoms with E-state index in [1.165, 1.54) is 44.2 Å². The number of rotatable bonds is 1. The first kappa shape index (κ1) is 11.5. The van der Waals surface area contributed by atoms with Crippen LogP contribution >= 0.6 is 0 Å². The second-order valence-corrected chi connectivity index (χ2v) is 6.40. The number of hydrogen-bond acceptors (Lipinski definition) is 2. The van der Waals surface area contributed by atoms with E-state index in [0.29, 0.717) is 17.9 Å².